The first-order chi connectivity index (χ1) is 11.6. The smallest absolute Gasteiger partial charge is 0.278 e. The second kappa shape index (κ2) is 6.66. The van der Waals surface area contributed by atoms with E-state index in [1.54, 1.807) is 4.68 Å². The number of aryl methyl sites for hydroxylation is 2. The molecule has 0 spiro atoms. The zero-order valence-electron chi connectivity index (χ0n) is 14.1. The van der Waals surface area contributed by atoms with E-state index in [9.17, 15) is 4.79 Å². The minimum atomic E-state index is -0.237. The molecule has 5 heteroatoms. The van der Waals surface area contributed by atoms with Crippen LogP contribution in [-0.2, 0) is 6.42 Å². The number of carbonyl (C=O) groups excluding carboxylic acids is 1. The normalized spacial score (nSPS) is 10.6. The van der Waals surface area contributed by atoms with E-state index in [-0.39, 0.29) is 5.91 Å². The quantitative estimate of drug-likeness (QED) is 0.797. The van der Waals surface area contributed by atoms with E-state index >= 15 is 0 Å². The minimum Gasteiger partial charge on any atom is -0.321 e. The summed E-state index contributed by atoms with van der Waals surface area (Å²) in [5, 5.41) is 11.2. The molecule has 2 aromatic carbocycles. The van der Waals surface area contributed by atoms with Gasteiger partial charge in [0.2, 0.25) is 0 Å². The van der Waals surface area contributed by atoms with Crippen molar-refractivity contribution in [2.75, 3.05) is 5.32 Å². The summed E-state index contributed by atoms with van der Waals surface area (Å²) >= 11 is 0. The van der Waals surface area contributed by atoms with Crippen molar-refractivity contribution in [3.8, 4) is 5.69 Å². The molecule has 24 heavy (non-hydrogen) atoms. The molecule has 1 aromatic heterocycles. The molecule has 0 unspecified atom stereocenters. The lowest BCUT2D eigenvalue weighted by Crippen LogP contribution is -2.15. The molecule has 0 aliphatic rings. The van der Waals surface area contributed by atoms with Crippen LogP contribution in [0.2, 0.25) is 0 Å². The topological polar surface area (TPSA) is 59.8 Å². The van der Waals surface area contributed by atoms with Gasteiger partial charge in [0.1, 0.15) is 0 Å². The van der Waals surface area contributed by atoms with Crippen LogP contribution in [0.15, 0.2) is 48.5 Å². The van der Waals surface area contributed by atoms with Crippen LogP contribution in [0.1, 0.15) is 34.2 Å². The van der Waals surface area contributed by atoms with Gasteiger partial charge in [-0.25, -0.2) is 4.68 Å². The number of benzene rings is 2. The first kappa shape index (κ1) is 15.9. The van der Waals surface area contributed by atoms with Gasteiger partial charge in [-0.15, -0.1) is 5.10 Å². The van der Waals surface area contributed by atoms with E-state index in [0.717, 1.165) is 28.2 Å². The van der Waals surface area contributed by atoms with Crippen molar-refractivity contribution in [2.24, 2.45) is 0 Å². The van der Waals surface area contributed by atoms with Crippen LogP contribution in [0.25, 0.3) is 5.69 Å². The Morgan fingerprint density at radius 1 is 1.08 bits per heavy atom. The second-order valence-corrected chi connectivity index (χ2v) is 5.82. The van der Waals surface area contributed by atoms with Gasteiger partial charge in [-0.1, -0.05) is 36.4 Å². The zero-order chi connectivity index (χ0) is 17.1. The Morgan fingerprint density at radius 2 is 1.75 bits per heavy atom. The van der Waals surface area contributed by atoms with E-state index in [1.165, 1.54) is 0 Å². The molecule has 3 aromatic rings. The molecule has 0 aliphatic carbocycles. The summed E-state index contributed by atoms with van der Waals surface area (Å²) in [7, 11) is 0. The number of nitrogens with one attached hydrogen (secondary N) is 1. The first-order valence-corrected chi connectivity index (χ1v) is 7.98. The van der Waals surface area contributed by atoms with Gasteiger partial charge in [0.05, 0.1) is 11.4 Å². The summed E-state index contributed by atoms with van der Waals surface area (Å²) in [6, 6.07) is 15.7. The Hall–Kier alpha value is -2.95. The fourth-order valence-electron chi connectivity index (χ4n) is 2.81. The predicted molar refractivity (Wildman–Crippen MR) is 94.6 cm³/mol. The molecule has 0 atom stereocenters. The Morgan fingerprint density at radius 3 is 2.38 bits per heavy atom. The number of carbonyl (C=O) groups is 1. The Labute approximate surface area is 141 Å². The van der Waals surface area contributed by atoms with Crippen LogP contribution in [0.4, 0.5) is 5.69 Å². The summed E-state index contributed by atoms with van der Waals surface area (Å²) < 4.78 is 1.72. The monoisotopic (exact) mass is 320 g/mol. The molecule has 0 radical (unpaired) electrons. The number of aromatic nitrogens is 3. The Bertz CT molecular complexity index is 848. The predicted octanol–water partition coefficient (Wildman–Crippen LogP) is 3.70. The van der Waals surface area contributed by atoms with Crippen molar-refractivity contribution in [3.05, 3.63) is 71.0 Å². The van der Waals surface area contributed by atoms with Gasteiger partial charge < -0.3 is 5.32 Å². The lowest BCUT2D eigenvalue weighted by molar-refractivity contribution is 0.102. The van der Waals surface area contributed by atoms with Crippen LogP contribution in [0.5, 0.6) is 0 Å². The van der Waals surface area contributed by atoms with E-state index in [4.69, 9.17) is 0 Å². The largest absolute Gasteiger partial charge is 0.321 e. The molecule has 122 valence electrons. The highest BCUT2D eigenvalue weighted by atomic mass is 16.2. The summed E-state index contributed by atoms with van der Waals surface area (Å²) in [5.41, 5.74) is 5.03. The number of hydrogen-bond acceptors (Lipinski definition) is 3. The maximum Gasteiger partial charge on any atom is 0.278 e. The highest BCUT2D eigenvalue weighted by Crippen LogP contribution is 2.17. The molecule has 0 saturated carbocycles. The van der Waals surface area contributed by atoms with Crippen molar-refractivity contribution in [1.82, 2.24) is 15.0 Å². The highest BCUT2D eigenvalue weighted by Gasteiger charge is 2.19. The Balaban J connectivity index is 1.92. The number of nitrogens with zero attached hydrogens (tertiary/aromatic N) is 3. The standard InChI is InChI=1S/C19H20N4O/c1-4-17-18(21-22-23(17)16-8-6-5-7-9-16)19(24)20-15-11-13(2)10-14(3)12-15/h5-12H,4H2,1-3H3,(H,20,24). The SMILES string of the molecule is CCc1c(C(=O)Nc2cc(C)cc(C)c2)nnn1-c1ccccc1. The van der Waals surface area contributed by atoms with E-state index in [0.29, 0.717) is 12.1 Å². The van der Waals surface area contributed by atoms with Gasteiger partial charge in [0.15, 0.2) is 5.69 Å². The molecule has 1 heterocycles. The number of amides is 1. The summed E-state index contributed by atoms with van der Waals surface area (Å²) in [5.74, 6) is -0.237. The molecule has 1 N–H and O–H groups in total. The molecule has 3 rings (SSSR count). The summed E-state index contributed by atoms with van der Waals surface area (Å²) in [4.78, 5) is 12.6. The molecule has 1 amide bonds. The van der Waals surface area contributed by atoms with E-state index < -0.39 is 0 Å². The van der Waals surface area contributed by atoms with Gasteiger partial charge in [-0.3, -0.25) is 4.79 Å². The van der Waals surface area contributed by atoms with Crippen LogP contribution < -0.4 is 5.32 Å². The van der Waals surface area contributed by atoms with Gasteiger partial charge in [-0.2, -0.15) is 0 Å². The molecule has 0 aliphatic heterocycles. The first-order valence-electron chi connectivity index (χ1n) is 7.98. The van der Waals surface area contributed by atoms with Crippen molar-refractivity contribution in [2.45, 2.75) is 27.2 Å². The van der Waals surface area contributed by atoms with Crippen LogP contribution in [0.3, 0.4) is 0 Å². The zero-order valence-corrected chi connectivity index (χ0v) is 14.1. The average Bonchev–Trinajstić information content (AvgIpc) is 2.98. The van der Waals surface area contributed by atoms with Gasteiger partial charge in [0.25, 0.3) is 5.91 Å². The maximum absolute atomic E-state index is 12.6. The van der Waals surface area contributed by atoms with Crippen LogP contribution in [-0.4, -0.2) is 20.9 Å². The number of para-hydroxylation sites is 1. The molecular weight excluding hydrogens is 300 g/mol. The number of anilines is 1. The fourth-order valence-corrected chi connectivity index (χ4v) is 2.81. The molecule has 0 saturated heterocycles. The molecular formula is C19H20N4O. The maximum atomic E-state index is 12.6. The third-order valence-corrected chi connectivity index (χ3v) is 3.79. The van der Waals surface area contributed by atoms with Gasteiger partial charge in [0, 0.05) is 5.69 Å². The van der Waals surface area contributed by atoms with E-state index in [2.05, 4.69) is 21.7 Å². The lowest BCUT2D eigenvalue weighted by Gasteiger charge is -2.08. The van der Waals surface area contributed by atoms with Gasteiger partial charge >= 0.3 is 0 Å². The second-order valence-electron chi connectivity index (χ2n) is 5.82. The summed E-state index contributed by atoms with van der Waals surface area (Å²) in [6.45, 7) is 6.00. The highest BCUT2D eigenvalue weighted by molar-refractivity contribution is 6.03. The average molecular weight is 320 g/mol. The minimum absolute atomic E-state index is 0.237. The van der Waals surface area contributed by atoms with Crippen molar-refractivity contribution in [3.63, 3.8) is 0 Å². The van der Waals surface area contributed by atoms with Crippen molar-refractivity contribution < 1.29 is 4.79 Å². The van der Waals surface area contributed by atoms with E-state index in [1.807, 2.05) is 63.2 Å². The third kappa shape index (κ3) is 3.20. The van der Waals surface area contributed by atoms with Crippen LogP contribution in [0, 0.1) is 13.8 Å². The van der Waals surface area contributed by atoms with Crippen molar-refractivity contribution >= 4 is 11.6 Å². The van der Waals surface area contributed by atoms with Crippen molar-refractivity contribution in [1.29, 1.82) is 0 Å². The Kier molecular flexibility index (Phi) is 4.42. The fraction of sp³-hybridized carbons (Fsp3) is 0.211. The van der Waals surface area contributed by atoms with Crippen LogP contribution >= 0.6 is 0 Å². The number of rotatable bonds is 4. The molecule has 5 nitrogen and oxygen atoms in total. The lowest BCUT2D eigenvalue weighted by atomic mass is 10.1. The number of hydrogen-bond donors (Lipinski definition) is 1. The summed E-state index contributed by atoms with van der Waals surface area (Å²) in [6.07, 6.45) is 0.664. The third-order valence-electron chi connectivity index (χ3n) is 3.79. The molecule has 0 bridgehead atoms. The molecule has 0 fully saturated rings. The van der Waals surface area contributed by atoms with Gasteiger partial charge in [-0.05, 0) is 55.7 Å².